The Balaban J connectivity index is 2.42. The highest BCUT2D eigenvalue weighted by Gasteiger charge is 2.17. The van der Waals surface area contributed by atoms with Gasteiger partial charge >= 0.3 is 0 Å². The van der Waals surface area contributed by atoms with E-state index in [0.29, 0.717) is 5.56 Å². The Morgan fingerprint density at radius 3 is 2.17 bits per heavy atom. The lowest BCUT2D eigenvalue weighted by Gasteiger charge is -2.13. The van der Waals surface area contributed by atoms with Gasteiger partial charge in [-0.25, -0.2) is 8.78 Å². The third-order valence-electron chi connectivity index (χ3n) is 2.68. The first-order valence-corrected chi connectivity index (χ1v) is 6.15. The lowest BCUT2D eigenvalue weighted by atomic mass is 10.0. The fourth-order valence-electron chi connectivity index (χ4n) is 1.65. The maximum atomic E-state index is 13.2. The van der Waals surface area contributed by atoms with Crippen LogP contribution >= 0.6 is 23.2 Å². The molecular weight excluding hydrogens is 277 g/mol. The highest BCUT2D eigenvalue weighted by atomic mass is 35.5. The third-order valence-corrected chi connectivity index (χ3v) is 3.50. The molecule has 0 nitrogen and oxygen atoms in total. The Morgan fingerprint density at radius 1 is 1.00 bits per heavy atom. The molecule has 2 aromatic rings. The van der Waals surface area contributed by atoms with Crippen molar-refractivity contribution in [2.24, 2.45) is 0 Å². The van der Waals surface area contributed by atoms with Crippen LogP contribution in [0.3, 0.4) is 0 Å². The molecule has 0 N–H and O–H groups in total. The van der Waals surface area contributed by atoms with Crippen molar-refractivity contribution in [2.75, 3.05) is 0 Å². The van der Waals surface area contributed by atoms with Gasteiger partial charge in [-0.05, 0) is 30.2 Å². The van der Waals surface area contributed by atoms with E-state index < -0.39 is 17.0 Å². The van der Waals surface area contributed by atoms with Crippen molar-refractivity contribution in [1.82, 2.24) is 0 Å². The van der Waals surface area contributed by atoms with Crippen molar-refractivity contribution >= 4 is 23.2 Å². The minimum Gasteiger partial charge on any atom is -0.204 e. The Labute approximate surface area is 114 Å². The summed E-state index contributed by atoms with van der Waals surface area (Å²) in [5.41, 5.74) is 2.25. The average molecular weight is 287 g/mol. The van der Waals surface area contributed by atoms with Crippen molar-refractivity contribution in [2.45, 2.75) is 12.3 Å². The van der Waals surface area contributed by atoms with Gasteiger partial charge in [-0.15, -0.1) is 11.6 Å². The van der Waals surface area contributed by atoms with Gasteiger partial charge < -0.3 is 0 Å². The molecule has 0 radical (unpaired) electrons. The molecule has 94 valence electrons. The molecule has 0 aliphatic carbocycles. The van der Waals surface area contributed by atoms with Gasteiger partial charge in [-0.1, -0.05) is 41.4 Å². The van der Waals surface area contributed by atoms with E-state index in [-0.39, 0.29) is 5.02 Å². The summed E-state index contributed by atoms with van der Waals surface area (Å²) in [6.45, 7) is 1.96. The predicted molar refractivity (Wildman–Crippen MR) is 70.2 cm³/mol. The summed E-state index contributed by atoms with van der Waals surface area (Å²) in [6.07, 6.45) is 0. The normalized spacial score (nSPS) is 12.5. The molecular formula is C14H10Cl2F2. The van der Waals surface area contributed by atoms with Gasteiger partial charge in [0, 0.05) is 5.02 Å². The monoisotopic (exact) mass is 286 g/mol. The van der Waals surface area contributed by atoms with Crippen molar-refractivity contribution in [1.29, 1.82) is 0 Å². The van der Waals surface area contributed by atoms with Crippen LogP contribution in [0.1, 0.15) is 22.1 Å². The third kappa shape index (κ3) is 2.65. The maximum absolute atomic E-state index is 13.2. The summed E-state index contributed by atoms with van der Waals surface area (Å²) in [7, 11) is 0. The first-order chi connectivity index (χ1) is 8.49. The first kappa shape index (κ1) is 13.3. The lowest BCUT2D eigenvalue weighted by molar-refractivity contribution is 0.507. The summed E-state index contributed by atoms with van der Waals surface area (Å²) in [6, 6.07) is 9.46. The van der Waals surface area contributed by atoms with E-state index in [1.165, 1.54) is 0 Å². The summed E-state index contributed by atoms with van der Waals surface area (Å²) in [4.78, 5) is 0. The summed E-state index contributed by atoms with van der Waals surface area (Å²) in [5.74, 6) is -1.93. The van der Waals surface area contributed by atoms with Crippen LogP contribution in [0, 0.1) is 18.6 Å². The minimum absolute atomic E-state index is 0.120. The van der Waals surface area contributed by atoms with E-state index in [2.05, 4.69) is 0 Å². The molecule has 2 rings (SSSR count). The highest BCUT2D eigenvalue weighted by Crippen LogP contribution is 2.34. The number of alkyl halides is 1. The molecule has 0 aromatic heterocycles. The fourth-order valence-corrected chi connectivity index (χ4v) is 2.29. The topological polar surface area (TPSA) is 0 Å². The second-order valence-corrected chi connectivity index (χ2v) is 4.90. The number of hydrogen-bond donors (Lipinski definition) is 0. The molecule has 0 aliphatic heterocycles. The quantitative estimate of drug-likeness (QED) is 0.522. The molecule has 0 saturated carbocycles. The summed E-state index contributed by atoms with van der Waals surface area (Å²) >= 11 is 12.1. The van der Waals surface area contributed by atoms with Gasteiger partial charge in [-0.2, -0.15) is 0 Å². The van der Waals surface area contributed by atoms with E-state index in [1.54, 1.807) is 0 Å². The largest absolute Gasteiger partial charge is 0.204 e. The van der Waals surface area contributed by atoms with Crippen molar-refractivity contribution < 1.29 is 8.78 Å². The van der Waals surface area contributed by atoms with Gasteiger partial charge in [0.25, 0.3) is 0 Å². The van der Waals surface area contributed by atoms with Crippen LogP contribution in [0.4, 0.5) is 8.78 Å². The van der Waals surface area contributed by atoms with Crippen molar-refractivity contribution in [3.63, 3.8) is 0 Å². The van der Waals surface area contributed by atoms with Crippen LogP contribution in [0.15, 0.2) is 36.4 Å². The Morgan fingerprint density at radius 2 is 1.56 bits per heavy atom. The molecule has 4 heteroatoms. The van der Waals surface area contributed by atoms with E-state index in [1.807, 2.05) is 31.2 Å². The molecule has 0 bridgehead atoms. The zero-order valence-corrected chi connectivity index (χ0v) is 11.1. The van der Waals surface area contributed by atoms with Crippen LogP contribution in [-0.2, 0) is 0 Å². The number of rotatable bonds is 2. The van der Waals surface area contributed by atoms with Gasteiger partial charge in [0.1, 0.15) is 0 Å². The number of benzene rings is 2. The van der Waals surface area contributed by atoms with Crippen LogP contribution < -0.4 is 0 Å². The standard InChI is InChI=1S/C14H10Cl2F2/c1-8-2-4-9(5-3-8)14(16)10-6-12(17)13(18)7-11(10)15/h2-7,14H,1H3. The first-order valence-electron chi connectivity index (χ1n) is 5.34. The maximum Gasteiger partial charge on any atom is 0.160 e. The van der Waals surface area contributed by atoms with Crippen LogP contribution in [0.5, 0.6) is 0 Å². The molecule has 0 heterocycles. The molecule has 0 spiro atoms. The SMILES string of the molecule is Cc1ccc(C(Cl)c2cc(F)c(F)cc2Cl)cc1. The number of halogens is 4. The van der Waals surface area contributed by atoms with E-state index in [9.17, 15) is 8.78 Å². The lowest BCUT2D eigenvalue weighted by Crippen LogP contribution is -1.97. The molecule has 0 amide bonds. The zero-order chi connectivity index (χ0) is 13.3. The molecule has 18 heavy (non-hydrogen) atoms. The Hall–Kier alpha value is -1.12. The van der Waals surface area contributed by atoms with Gasteiger partial charge in [0.2, 0.25) is 0 Å². The zero-order valence-electron chi connectivity index (χ0n) is 9.55. The second-order valence-electron chi connectivity index (χ2n) is 4.06. The fraction of sp³-hybridized carbons (Fsp3) is 0.143. The summed E-state index contributed by atoms with van der Waals surface area (Å²) in [5, 5.41) is -0.484. The molecule has 0 aliphatic rings. The Kier molecular flexibility index (Phi) is 3.88. The smallest absolute Gasteiger partial charge is 0.160 e. The Bertz CT molecular complexity index is 565. The van der Waals surface area contributed by atoms with E-state index in [0.717, 1.165) is 23.3 Å². The summed E-state index contributed by atoms with van der Waals surface area (Å²) < 4.78 is 26.2. The van der Waals surface area contributed by atoms with E-state index >= 15 is 0 Å². The van der Waals surface area contributed by atoms with Crippen LogP contribution in [0.25, 0.3) is 0 Å². The predicted octanol–water partition coefficient (Wildman–Crippen LogP) is 5.25. The van der Waals surface area contributed by atoms with Crippen molar-refractivity contribution in [3.8, 4) is 0 Å². The number of hydrogen-bond acceptors (Lipinski definition) is 0. The van der Waals surface area contributed by atoms with Crippen LogP contribution in [-0.4, -0.2) is 0 Å². The molecule has 1 unspecified atom stereocenters. The molecule has 0 fully saturated rings. The van der Waals surface area contributed by atoms with Crippen LogP contribution in [0.2, 0.25) is 5.02 Å². The number of aryl methyl sites for hydroxylation is 1. The van der Waals surface area contributed by atoms with Gasteiger partial charge in [0.05, 0.1) is 5.38 Å². The molecule has 2 aromatic carbocycles. The van der Waals surface area contributed by atoms with Gasteiger partial charge in [0.15, 0.2) is 11.6 Å². The minimum atomic E-state index is -0.975. The van der Waals surface area contributed by atoms with Gasteiger partial charge in [-0.3, -0.25) is 0 Å². The average Bonchev–Trinajstić information content (AvgIpc) is 2.34. The van der Waals surface area contributed by atoms with Crippen molar-refractivity contribution in [3.05, 3.63) is 69.7 Å². The second kappa shape index (κ2) is 5.25. The molecule has 1 atom stereocenters. The van der Waals surface area contributed by atoms with E-state index in [4.69, 9.17) is 23.2 Å². The molecule has 0 saturated heterocycles. The highest BCUT2D eigenvalue weighted by molar-refractivity contribution is 6.33.